The molecule has 1 aromatic rings. The van der Waals surface area contributed by atoms with E-state index in [4.69, 9.17) is 16.3 Å². The van der Waals surface area contributed by atoms with Crippen molar-refractivity contribution in [2.75, 3.05) is 33.8 Å². The van der Waals surface area contributed by atoms with Gasteiger partial charge in [0, 0.05) is 23.7 Å². The van der Waals surface area contributed by atoms with E-state index in [1.54, 1.807) is 25.3 Å². The molecular formula is C15H21ClN2O2. The van der Waals surface area contributed by atoms with Crippen LogP contribution in [-0.4, -0.2) is 44.6 Å². The molecule has 1 heterocycles. The number of halogens is 1. The van der Waals surface area contributed by atoms with Gasteiger partial charge in [-0.15, -0.1) is 0 Å². The second-order valence-electron chi connectivity index (χ2n) is 5.19. The van der Waals surface area contributed by atoms with Crippen LogP contribution in [0.25, 0.3) is 0 Å². The molecule has 0 aromatic heterocycles. The predicted molar refractivity (Wildman–Crippen MR) is 80.3 cm³/mol. The number of rotatable bonds is 5. The van der Waals surface area contributed by atoms with Gasteiger partial charge in [0.05, 0.1) is 13.5 Å². The summed E-state index contributed by atoms with van der Waals surface area (Å²) in [4.78, 5) is 14.3. The second kappa shape index (κ2) is 6.95. The van der Waals surface area contributed by atoms with E-state index in [1.807, 2.05) is 11.9 Å². The summed E-state index contributed by atoms with van der Waals surface area (Å²) < 4.78 is 5.28. The normalized spacial score (nSPS) is 18.4. The summed E-state index contributed by atoms with van der Waals surface area (Å²) in [6.45, 7) is 2.64. The van der Waals surface area contributed by atoms with Gasteiger partial charge in [-0.1, -0.05) is 11.6 Å². The first-order valence-electron chi connectivity index (χ1n) is 6.88. The molecule has 2 rings (SSSR count). The van der Waals surface area contributed by atoms with Crippen LogP contribution in [0.4, 0.5) is 0 Å². The zero-order valence-corrected chi connectivity index (χ0v) is 12.7. The minimum atomic E-state index is 0.143. The van der Waals surface area contributed by atoms with Crippen LogP contribution in [0.3, 0.4) is 0 Å². The van der Waals surface area contributed by atoms with Gasteiger partial charge in [-0.05, 0) is 44.1 Å². The van der Waals surface area contributed by atoms with Crippen molar-refractivity contribution < 1.29 is 9.53 Å². The van der Waals surface area contributed by atoms with Crippen LogP contribution in [0, 0.1) is 5.92 Å². The highest BCUT2D eigenvalue weighted by molar-refractivity contribution is 6.30. The number of amides is 1. The summed E-state index contributed by atoms with van der Waals surface area (Å²) in [6.07, 6.45) is 1.41. The SMILES string of the molecule is CNC[C@H]1CCN(C(=O)Cc2cc(Cl)ccc2OC)C1. The van der Waals surface area contributed by atoms with Gasteiger partial charge < -0.3 is 15.0 Å². The van der Waals surface area contributed by atoms with E-state index in [2.05, 4.69) is 5.32 Å². The molecular weight excluding hydrogens is 276 g/mol. The minimum absolute atomic E-state index is 0.143. The van der Waals surface area contributed by atoms with Crippen molar-refractivity contribution in [2.24, 2.45) is 5.92 Å². The maximum atomic E-state index is 12.4. The Morgan fingerprint density at radius 2 is 2.35 bits per heavy atom. The number of benzene rings is 1. The van der Waals surface area contributed by atoms with Crippen molar-refractivity contribution in [3.63, 3.8) is 0 Å². The number of ether oxygens (including phenoxy) is 1. The molecule has 110 valence electrons. The van der Waals surface area contributed by atoms with Crippen LogP contribution in [0.5, 0.6) is 5.75 Å². The molecule has 1 fully saturated rings. The fraction of sp³-hybridized carbons (Fsp3) is 0.533. The van der Waals surface area contributed by atoms with Crippen LogP contribution >= 0.6 is 11.6 Å². The fourth-order valence-corrected chi connectivity index (χ4v) is 2.87. The van der Waals surface area contributed by atoms with E-state index in [-0.39, 0.29) is 5.91 Å². The zero-order valence-electron chi connectivity index (χ0n) is 12.0. The van der Waals surface area contributed by atoms with Crippen molar-refractivity contribution in [3.05, 3.63) is 28.8 Å². The van der Waals surface area contributed by atoms with Crippen LogP contribution in [0.1, 0.15) is 12.0 Å². The maximum Gasteiger partial charge on any atom is 0.227 e. The lowest BCUT2D eigenvalue weighted by molar-refractivity contribution is -0.129. The smallest absolute Gasteiger partial charge is 0.227 e. The summed E-state index contributed by atoms with van der Waals surface area (Å²) in [5, 5.41) is 3.80. The van der Waals surface area contributed by atoms with E-state index in [0.717, 1.165) is 31.6 Å². The van der Waals surface area contributed by atoms with Gasteiger partial charge in [-0.25, -0.2) is 0 Å². The lowest BCUT2D eigenvalue weighted by Gasteiger charge is -2.17. The largest absolute Gasteiger partial charge is 0.496 e. The summed E-state index contributed by atoms with van der Waals surface area (Å²) in [6, 6.07) is 5.38. The number of methoxy groups -OCH3 is 1. The molecule has 0 bridgehead atoms. The fourth-order valence-electron chi connectivity index (χ4n) is 2.67. The highest BCUT2D eigenvalue weighted by atomic mass is 35.5. The molecule has 0 aliphatic carbocycles. The van der Waals surface area contributed by atoms with Crippen molar-refractivity contribution in [2.45, 2.75) is 12.8 Å². The molecule has 0 saturated carbocycles. The average Bonchev–Trinajstić information content (AvgIpc) is 2.88. The number of carbonyl (C=O) groups excluding carboxylic acids is 1. The summed E-state index contributed by atoms with van der Waals surface area (Å²) in [5.41, 5.74) is 0.849. The Bertz CT molecular complexity index is 479. The van der Waals surface area contributed by atoms with Gasteiger partial charge in [-0.2, -0.15) is 0 Å². The quantitative estimate of drug-likeness (QED) is 0.903. The number of nitrogens with one attached hydrogen (secondary N) is 1. The highest BCUT2D eigenvalue weighted by Gasteiger charge is 2.26. The lowest BCUT2D eigenvalue weighted by Crippen LogP contribution is -2.31. The Labute approximate surface area is 125 Å². The standard InChI is InChI=1S/C15H21ClN2O2/c1-17-9-11-5-6-18(10-11)15(19)8-12-7-13(16)3-4-14(12)20-2/h3-4,7,11,17H,5-6,8-10H2,1-2H3/t11-/m1/s1. The van der Waals surface area contributed by atoms with Crippen molar-refractivity contribution in [3.8, 4) is 5.75 Å². The molecule has 0 unspecified atom stereocenters. The Morgan fingerprint density at radius 3 is 3.05 bits per heavy atom. The molecule has 5 heteroatoms. The highest BCUT2D eigenvalue weighted by Crippen LogP contribution is 2.24. The van der Waals surface area contributed by atoms with Gasteiger partial charge in [0.15, 0.2) is 0 Å². The number of likely N-dealkylation sites (tertiary alicyclic amines) is 1. The Kier molecular flexibility index (Phi) is 5.26. The number of hydrogen-bond acceptors (Lipinski definition) is 3. The van der Waals surface area contributed by atoms with E-state index in [9.17, 15) is 4.79 Å². The summed E-state index contributed by atoms with van der Waals surface area (Å²) in [5.74, 6) is 1.42. The average molecular weight is 297 g/mol. The minimum Gasteiger partial charge on any atom is -0.496 e. The van der Waals surface area contributed by atoms with Crippen molar-refractivity contribution in [1.82, 2.24) is 10.2 Å². The maximum absolute atomic E-state index is 12.4. The number of nitrogens with zero attached hydrogens (tertiary/aromatic N) is 1. The third-order valence-corrected chi connectivity index (χ3v) is 3.95. The van der Waals surface area contributed by atoms with E-state index >= 15 is 0 Å². The topological polar surface area (TPSA) is 41.6 Å². The van der Waals surface area contributed by atoms with Crippen molar-refractivity contribution >= 4 is 17.5 Å². The molecule has 1 N–H and O–H groups in total. The Morgan fingerprint density at radius 1 is 1.55 bits per heavy atom. The second-order valence-corrected chi connectivity index (χ2v) is 5.62. The van der Waals surface area contributed by atoms with Crippen LogP contribution < -0.4 is 10.1 Å². The lowest BCUT2D eigenvalue weighted by atomic mass is 10.1. The molecule has 1 aromatic carbocycles. The van der Waals surface area contributed by atoms with Crippen molar-refractivity contribution in [1.29, 1.82) is 0 Å². The number of carbonyl (C=O) groups is 1. The third-order valence-electron chi connectivity index (χ3n) is 3.72. The molecule has 1 aliphatic heterocycles. The van der Waals surface area contributed by atoms with Gasteiger partial charge in [0.2, 0.25) is 5.91 Å². The Balaban J connectivity index is 2.00. The third kappa shape index (κ3) is 3.64. The Hall–Kier alpha value is -1.26. The molecule has 0 radical (unpaired) electrons. The van der Waals surface area contributed by atoms with Gasteiger partial charge in [0.1, 0.15) is 5.75 Å². The van der Waals surface area contributed by atoms with E-state index in [1.165, 1.54) is 0 Å². The van der Waals surface area contributed by atoms with E-state index in [0.29, 0.717) is 23.1 Å². The predicted octanol–water partition coefficient (Wildman–Crippen LogP) is 1.96. The first kappa shape index (κ1) is 15.1. The van der Waals surface area contributed by atoms with Gasteiger partial charge in [-0.3, -0.25) is 4.79 Å². The molecule has 4 nitrogen and oxygen atoms in total. The first-order valence-corrected chi connectivity index (χ1v) is 7.26. The van der Waals surface area contributed by atoms with Crippen LogP contribution in [0.2, 0.25) is 5.02 Å². The van der Waals surface area contributed by atoms with Gasteiger partial charge >= 0.3 is 0 Å². The number of hydrogen-bond donors (Lipinski definition) is 1. The molecule has 1 atom stereocenters. The molecule has 1 amide bonds. The van der Waals surface area contributed by atoms with Gasteiger partial charge in [0.25, 0.3) is 0 Å². The van der Waals surface area contributed by atoms with Crippen LogP contribution in [0.15, 0.2) is 18.2 Å². The monoisotopic (exact) mass is 296 g/mol. The molecule has 0 spiro atoms. The molecule has 1 aliphatic rings. The molecule has 1 saturated heterocycles. The zero-order chi connectivity index (χ0) is 14.5. The summed E-state index contributed by atoms with van der Waals surface area (Å²) >= 11 is 5.99. The van der Waals surface area contributed by atoms with E-state index < -0.39 is 0 Å². The van der Waals surface area contributed by atoms with Crippen LogP contribution in [-0.2, 0) is 11.2 Å². The summed E-state index contributed by atoms with van der Waals surface area (Å²) in [7, 11) is 3.55. The first-order chi connectivity index (χ1) is 9.63. The molecule has 20 heavy (non-hydrogen) atoms.